The predicted octanol–water partition coefficient (Wildman–Crippen LogP) is 5.50. The van der Waals surface area contributed by atoms with Crippen molar-refractivity contribution in [3.63, 3.8) is 0 Å². The van der Waals surface area contributed by atoms with E-state index in [1.54, 1.807) is 7.11 Å². The molecular weight excluding hydrogens is 374 g/mol. The summed E-state index contributed by atoms with van der Waals surface area (Å²) in [6.07, 6.45) is 3.79. The molecule has 146 valence electrons. The second-order valence-electron chi connectivity index (χ2n) is 6.34. The molecule has 0 saturated heterocycles. The van der Waals surface area contributed by atoms with Gasteiger partial charge in [-0.3, -0.25) is 4.79 Å². The minimum Gasteiger partial charge on any atom is -0.493 e. The molecule has 0 aliphatic rings. The van der Waals surface area contributed by atoms with Crippen LogP contribution in [0.15, 0.2) is 42.5 Å². The van der Waals surface area contributed by atoms with Crippen LogP contribution < -0.4 is 9.47 Å². The van der Waals surface area contributed by atoms with E-state index in [2.05, 4.69) is 11.9 Å². The number of hydrogen-bond acceptors (Lipinski definition) is 5. The maximum atomic E-state index is 11.4. The number of carbonyl (C=O) groups is 1. The molecule has 1 aromatic heterocycles. The topological polar surface area (TPSA) is 68.7 Å². The molecule has 0 radical (unpaired) electrons. The first-order valence-electron chi connectivity index (χ1n) is 9.20. The zero-order valence-electron chi connectivity index (χ0n) is 16.0. The lowest BCUT2D eigenvalue weighted by Crippen LogP contribution is -1.99. The fraction of sp³-hybridized carbons (Fsp3) is 0.273. The third-order valence-corrected chi connectivity index (χ3v) is 5.31. The van der Waals surface area contributed by atoms with Crippen LogP contribution in [0.2, 0.25) is 0 Å². The standard InChI is InChI=1S/C22H23NO4S/c1-3-4-11-27-18-10-9-15(13-19(18)26-2)12-16(14-21(24)25)22-23-17-7-5-6-8-20(17)28-22/h5-10,12-13H,3-4,11,14H2,1-2H3,(H,24,25)/b16-12+. The lowest BCUT2D eigenvalue weighted by molar-refractivity contribution is -0.135. The van der Waals surface area contributed by atoms with E-state index in [1.165, 1.54) is 11.3 Å². The summed E-state index contributed by atoms with van der Waals surface area (Å²) in [5.74, 6) is 0.425. The molecule has 0 saturated carbocycles. The van der Waals surface area contributed by atoms with Gasteiger partial charge in [-0.2, -0.15) is 0 Å². The predicted molar refractivity (Wildman–Crippen MR) is 113 cm³/mol. The van der Waals surface area contributed by atoms with Gasteiger partial charge in [-0.1, -0.05) is 31.5 Å². The number of unbranched alkanes of at least 4 members (excludes halogenated alkanes) is 1. The van der Waals surface area contributed by atoms with Crippen LogP contribution >= 0.6 is 11.3 Å². The molecule has 3 rings (SSSR count). The lowest BCUT2D eigenvalue weighted by Gasteiger charge is -2.11. The van der Waals surface area contributed by atoms with Crippen molar-refractivity contribution in [1.29, 1.82) is 0 Å². The van der Waals surface area contributed by atoms with Gasteiger partial charge >= 0.3 is 5.97 Å². The van der Waals surface area contributed by atoms with Crippen molar-refractivity contribution in [2.45, 2.75) is 26.2 Å². The Balaban J connectivity index is 1.94. The minimum absolute atomic E-state index is 0.100. The molecule has 2 aromatic carbocycles. The number of hydrogen-bond donors (Lipinski definition) is 1. The van der Waals surface area contributed by atoms with E-state index in [0.717, 1.165) is 28.6 Å². The maximum absolute atomic E-state index is 11.4. The Morgan fingerprint density at radius 3 is 2.75 bits per heavy atom. The number of rotatable bonds is 9. The number of ether oxygens (including phenoxy) is 2. The molecule has 6 heteroatoms. The molecular formula is C22H23NO4S. The van der Waals surface area contributed by atoms with Crippen molar-refractivity contribution in [1.82, 2.24) is 4.98 Å². The van der Waals surface area contributed by atoms with Gasteiger partial charge in [0.1, 0.15) is 5.01 Å². The molecule has 0 fully saturated rings. The van der Waals surface area contributed by atoms with Crippen molar-refractivity contribution < 1.29 is 19.4 Å². The van der Waals surface area contributed by atoms with Crippen molar-refractivity contribution in [2.24, 2.45) is 0 Å². The average Bonchev–Trinajstić information content (AvgIpc) is 3.12. The Labute approximate surface area is 168 Å². The molecule has 5 nitrogen and oxygen atoms in total. The third kappa shape index (κ3) is 4.89. The minimum atomic E-state index is -0.892. The van der Waals surface area contributed by atoms with E-state index in [9.17, 15) is 9.90 Å². The van der Waals surface area contributed by atoms with Crippen molar-refractivity contribution in [2.75, 3.05) is 13.7 Å². The molecule has 28 heavy (non-hydrogen) atoms. The molecule has 0 aliphatic heterocycles. The van der Waals surface area contributed by atoms with Crippen LogP contribution in [0.25, 0.3) is 21.9 Å². The first kappa shape index (κ1) is 19.9. The van der Waals surface area contributed by atoms with Gasteiger partial charge in [0.25, 0.3) is 0 Å². The highest BCUT2D eigenvalue weighted by atomic mass is 32.1. The second-order valence-corrected chi connectivity index (χ2v) is 7.37. The smallest absolute Gasteiger partial charge is 0.307 e. The van der Waals surface area contributed by atoms with Gasteiger partial charge < -0.3 is 14.6 Å². The number of carboxylic acids is 1. The van der Waals surface area contributed by atoms with Crippen LogP contribution in [0.1, 0.15) is 36.8 Å². The van der Waals surface area contributed by atoms with Gasteiger partial charge in [0.15, 0.2) is 11.5 Å². The summed E-state index contributed by atoms with van der Waals surface area (Å²) in [4.78, 5) is 16.0. The van der Waals surface area contributed by atoms with E-state index in [-0.39, 0.29) is 6.42 Å². The summed E-state index contributed by atoms with van der Waals surface area (Å²) in [5.41, 5.74) is 2.38. The molecule has 0 spiro atoms. The number of aromatic nitrogens is 1. The summed E-state index contributed by atoms with van der Waals surface area (Å²) < 4.78 is 12.3. The Bertz CT molecular complexity index is 960. The van der Waals surface area contributed by atoms with Crippen LogP contribution in [0.4, 0.5) is 0 Å². The average molecular weight is 397 g/mol. The van der Waals surface area contributed by atoms with E-state index in [0.29, 0.717) is 28.7 Å². The first-order valence-corrected chi connectivity index (χ1v) is 10.0. The second kappa shape index (κ2) is 9.37. The molecule has 1 heterocycles. The Kier molecular flexibility index (Phi) is 6.66. The Morgan fingerprint density at radius 2 is 2.04 bits per heavy atom. The van der Waals surface area contributed by atoms with E-state index < -0.39 is 5.97 Å². The molecule has 0 amide bonds. The van der Waals surface area contributed by atoms with E-state index >= 15 is 0 Å². The molecule has 1 N–H and O–H groups in total. The van der Waals surface area contributed by atoms with Crippen molar-refractivity contribution in [3.05, 3.63) is 53.0 Å². The number of thiazole rings is 1. The maximum Gasteiger partial charge on any atom is 0.307 e. The van der Waals surface area contributed by atoms with Gasteiger partial charge in [-0.05, 0) is 47.9 Å². The van der Waals surface area contributed by atoms with Crippen LogP contribution in [0.5, 0.6) is 11.5 Å². The summed E-state index contributed by atoms with van der Waals surface area (Å²) in [6.45, 7) is 2.75. The van der Waals surface area contributed by atoms with Gasteiger partial charge in [-0.25, -0.2) is 4.98 Å². The number of carboxylic acid groups (broad SMARTS) is 1. The highest BCUT2D eigenvalue weighted by molar-refractivity contribution is 7.19. The lowest BCUT2D eigenvalue weighted by atomic mass is 10.1. The molecule has 3 aromatic rings. The summed E-state index contributed by atoms with van der Waals surface area (Å²) in [6, 6.07) is 13.4. The molecule has 0 atom stereocenters. The van der Waals surface area contributed by atoms with Crippen LogP contribution in [-0.4, -0.2) is 29.8 Å². The van der Waals surface area contributed by atoms with E-state index in [4.69, 9.17) is 9.47 Å². The zero-order valence-corrected chi connectivity index (χ0v) is 16.8. The van der Waals surface area contributed by atoms with Crippen LogP contribution in [0, 0.1) is 0 Å². The fourth-order valence-corrected chi connectivity index (χ4v) is 3.76. The molecule has 0 aliphatic carbocycles. The molecule has 0 bridgehead atoms. The van der Waals surface area contributed by atoms with Crippen LogP contribution in [-0.2, 0) is 4.79 Å². The number of aliphatic carboxylic acids is 1. The number of methoxy groups -OCH3 is 1. The highest BCUT2D eigenvalue weighted by Gasteiger charge is 2.13. The Morgan fingerprint density at radius 1 is 1.21 bits per heavy atom. The Hall–Kier alpha value is -2.86. The third-order valence-electron chi connectivity index (χ3n) is 4.19. The normalized spacial score (nSPS) is 11.6. The van der Waals surface area contributed by atoms with Gasteiger partial charge in [0.2, 0.25) is 0 Å². The highest BCUT2D eigenvalue weighted by Crippen LogP contribution is 2.33. The fourth-order valence-electron chi connectivity index (χ4n) is 2.78. The summed E-state index contributed by atoms with van der Waals surface area (Å²) >= 11 is 1.49. The van der Waals surface area contributed by atoms with Gasteiger partial charge in [0, 0.05) is 0 Å². The van der Waals surface area contributed by atoms with Gasteiger partial charge in [0.05, 0.1) is 30.4 Å². The zero-order chi connectivity index (χ0) is 19.9. The number of benzene rings is 2. The largest absolute Gasteiger partial charge is 0.493 e. The summed E-state index contributed by atoms with van der Waals surface area (Å²) in [5, 5.41) is 10.1. The van der Waals surface area contributed by atoms with Crippen LogP contribution in [0.3, 0.4) is 0 Å². The van der Waals surface area contributed by atoms with Crippen molar-refractivity contribution in [3.8, 4) is 11.5 Å². The van der Waals surface area contributed by atoms with Crippen molar-refractivity contribution >= 4 is 39.2 Å². The molecule has 0 unspecified atom stereocenters. The number of fused-ring (bicyclic) bond motifs is 1. The monoisotopic (exact) mass is 397 g/mol. The first-order chi connectivity index (χ1) is 13.6. The van der Waals surface area contributed by atoms with E-state index in [1.807, 2.05) is 48.5 Å². The number of para-hydroxylation sites is 1. The summed E-state index contributed by atoms with van der Waals surface area (Å²) in [7, 11) is 1.60. The SMILES string of the molecule is CCCCOc1ccc(/C=C(\CC(=O)O)c2nc3ccccc3s2)cc1OC. The van der Waals surface area contributed by atoms with Gasteiger partial charge in [-0.15, -0.1) is 11.3 Å². The quantitative estimate of drug-likeness (QED) is 0.483. The number of nitrogens with zero attached hydrogens (tertiary/aromatic N) is 1.